The molecule has 1 aliphatic rings. The molecule has 0 spiro atoms. The van der Waals surface area contributed by atoms with Crippen LogP contribution in [0.1, 0.15) is 25.7 Å². The average molecular weight is 310 g/mol. The Hall–Kier alpha value is -2.29. The summed E-state index contributed by atoms with van der Waals surface area (Å²) in [5.74, 6) is 2.47. The van der Waals surface area contributed by atoms with Gasteiger partial charge < -0.3 is 9.47 Å². The van der Waals surface area contributed by atoms with E-state index in [0.29, 0.717) is 24.7 Å². The van der Waals surface area contributed by atoms with Gasteiger partial charge in [0.25, 0.3) is 0 Å². The highest BCUT2D eigenvalue weighted by molar-refractivity contribution is 5.79. The summed E-state index contributed by atoms with van der Waals surface area (Å²) in [4.78, 5) is 11.5. The van der Waals surface area contributed by atoms with Crippen LogP contribution in [-0.4, -0.2) is 19.5 Å². The molecule has 3 rings (SSSR count). The lowest BCUT2D eigenvalue weighted by atomic mass is 9.89. The molecule has 0 amide bonds. The van der Waals surface area contributed by atoms with Gasteiger partial charge in [0, 0.05) is 12.8 Å². The highest BCUT2D eigenvalue weighted by Gasteiger charge is 2.19. The number of Topliss-reactive ketones (excluding diaryl/α,β-unsaturated/α-hetero) is 1. The van der Waals surface area contributed by atoms with Crippen LogP contribution in [0.3, 0.4) is 0 Å². The van der Waals surface area contributed by atoms with E-state index >= 15 is 0 Å². The highest BCUT2D eigenvalue weighted by atomic mass is 16.5. The fourth-order valence-electron chi connectivity index (χ4n) is 3.00. The minimum Gasteiger partial charge on any atom is -0.497 e. The number of ketones is 1. The molecule has 0 heterocycles. The first kappa shape index (κ1) is 15.6. The first-order valence-electron chi connectivity index (χ1n) is 8.13. The topological polar surface area (TPSA) is 35.5 Å². The Morgan fingerprint density at radius 3 is 2.13 bits per heavy atom. The fraction of sp³-hybridized carbons (Fsp3) is 0.350. The second-order valence-corrected chi connectivity index (χ2v) is 6.06. The SMILES string of the molecule is COc1ccc(-c2ccc(OCC3CCCC(=O)C3)cc2)cc1. The van der Waals surface area contributed by atoms with Crippen molar-refractivity contribution in [3.63, 3.8) is 0 Å². The monoisotopic (exact) mass is 310 g/mol. The van der Waals surface area contributed by atoms with Crippen LogP contribution in [0, 0.1) is 5.92 Å². The molecule has 3 nitrogen and oxygen atoms in total. The first-order valence-corrected chi connectivity index (χ1v) is 8.13. The van der Waals surface area contributed by atoms with Crippen molar-refractivity contribution in [3.05, 3.63) is 48.5 Å². The molecule has 1 saturated carbocycles. The van der Waals surface area contributed by atoms with Crippen LogP contribution in [0.2, 0.25) is 0 Å². The molecule has 23 heavy (non-hydrogen) atoms. The minimum absolute atomic E-state index is 0.373. The molecule has 0 aliphatic heterocycles. The van der Waals surface area contributed by atoms with Crippen LogP contribution in [0.15, 0.2) is 48.5 Å². The lowest BCUT2D eigenvalue weighted by Gasteiger charge is -2.21. The van der Waals surface area contributed by atoms with Gasteiger partial charge in [-0.1, -0.05) is 24.3 Å². The van der Waals surface area contributed by atoms with Gasteiger partial charge in [-0.3, -0.25) is 4.79 Å². The Balaban J connectivity index is 1.59. The lowest BCUT2D eigenvalue weighted by Crippen LogP contribution is -2.20. The zero-order valence-electron chi connectivity index (χ0n) is 13.5. The Labute approximate surface area is 137 Å². The Bertz CT molecular complexity index is 644. The van der Waals surface area contributed by atoms with Crippen LogP contribution in [-0.2, 0) is 4.79 Å². The van der Waals surface area contributed by atoms with Crippen molar-refractivity contribution in [2.75, 3.05) is 13.7 Å². The normalized spacial score (nSPS) is 17.8. The van der Waals surface area contributed by atoms with Crippen molar-refractivity contribution < 1.29 is 14.3 Å². The Morgan fingerprint density at radius 2 is 1.57 bits per heavy atom. The molecule has 1 unspecified atom stereocenters. The molecule has 3 heteroatoms. The predicted molar refractivity (Wildman–Crippen MR) is 90.9 cm³/mol. The van der Waals surface area contributed by atoms with E-state index < -0.39 is 0 Å². The molecular formula is C20H22O3. The fourth-order valence-corrected chi connectivity index (χ4v) is 3.00. The van der Waals surface area contributed by atoms with E-state index in [4.69, 9.17) is 9.47 Å². The number of hydrogen-bond donors (Lipinski definition) is 0. The summed E-state index contributed by atoms with van der Waals surface area (Å²) in [5, 5.41) is 0. The van der Waals surface area contributed by atoms with Crippen molar-refractivity contribution >= 4 is 5.78 Å². The summed E-state index contributed by atoms with van der Waals surface area (Å²) in [5.41, 5.74) is 2.29. The van der Waals surface area contributed by atoms with Gasteiger partial charge in [0.05, 0.1) is 13.7 Å². The zero-order chi connectivity index (χ0) is 16.1. The summed E-state index contributed by atoms with van der Waals surface area (Å²) in [7, 11) is 1.67. The Morgan fingerprint density at radius 1 is 0.957 bits per heavy atom. The van der Waals surface area contributed by atoms with Crippen molar-refractivity contribution in [1.29, 1.82) is 0 Å². The average Bonchev–Trinajstić information content (AvgIpc) is 2.61. The maximum Gasteiger partial charge on any atom is 0.133 e. The summed E-state index contributed by atoms with van der Waals surface area (Å²) in [6, 6.07) is 16.1. The van der Waals surface area contributed by atoms with E-state index in [9.17, 15) is 4.79 Å². The molecule has 0 N–H and O–H groups in total. The van der Waals surface area contributed by atoms with Gasteiger partial charge in [0.15, 0.2) is 0 Å². The number of carbonyl (C=O) groups is 1. The third kappa shape index (κ3) is 4.13. The number of carbonyl (C=O) groups excluding carboxylic acids is 1. The van der Waals surface area contributed by atoms with Crippen LogP contribution in [0.4, 0.5) is 0 Å². The molecule has 0 saturated heterocycles. The third-order valence-electron chi connectivity index (χ3n) is 4.35. The van der Waals surface area contributed by atoms with Crippen LogP contribution >= 0.6 is 0 Å². The molecule has 0 aromatic heterocycles. The molecule has 1 atom stereocenters. The lowest BCUT2D eigenvalue weighted by molar-refractivity contribution is -0.121. The number of rotatable bonds is 5. The molecule has 0 radical (unpaired) electrons. The molecule has 2 aromatic rings. The smallest absolute Gasteiger partial charge is 0.133 e. The van der Waals surface area contributed by atoms with E-state index in [1.165, 1.54) is 0 Å². The number of benzene rings is 2. The molecule has 0 bridgehead atoms. The first-order chi connectivity index (χ1) is 11.2. The van der Waals surface area contributed by atoms with Crippen molar-refractivity contribution in [3.8, 4) is 22.6 Å². The minimum atomic E-state index is 0.373. The standard InChI is InChI=1S/C20H22O3/c1-22-19-9-5-16(6-10-19)17-7-11-20(12-8-17)23-14-15-3-2-4-18(21)13-15/h5-12,15H,2-4,13-14H2,1H3. The summed E-state index contributed by atoms with van der Waals surface area (Å²) in [6.45, 7) is 0.633. The van der Waals surface area contributed by atoms with Crippen LogP contribution in [0.5, 0.6) is 11.5 Å². The summed E-state index contributed by atoms with van der Waals surface area (Å²) >= 11 is 0. The van der Waals surface area contributed by atoms with E-state index in [2.05, 4.69) is 12.1 Å². The van der Waals surface area contributed by atoms with Gasteiger partial charge >= 0.3 is 0 Å². The van der Waals surface area contributed by atoms with Crippen molar-refractivity contribution in [1.82, 2.24) is 0 Å². The van der Waals surface area contributed by atoms with Gasteiger partial charge in [-0.2, -0.15) is 0 Å². The second kappa shape index (κ2) is 7.32. The van der Waals surface area contributed by atoms with Crippen molar-refractivity contribution in [2.45, 2.75) is 25.7 Å². The number of hydrogen-bond acceptors (Lipinski definition) is 3. The molecule has 120 valence electrons. The van der Waals surface area contributed by atoms with Gasteiger partial charge in [-0.05, 0) is 54.2 Å². The van der Waals surface area contributed by atoms with Gasteiger partial charge in [-0.15, -0.1) is 0 Å². The van der Waals surface area contributed by atoms with Crippen molar-refractivity contribution in [2.24, 2.45) is 5.92 Å². The summed E-state index contributed by atoms with van der Waals surface area (Å²) < 4.78 is 11.0. The van der Waals surface area contributed by atoms with Crippen LogP contribution in [0.25, 0.3) is 11.1 Å². The third-order valence-corrected chi connectivity index (χ3v) is 4.35. The van der Waals surface area contributed by atoms with Gasteiger partial charge in [-0.25, -0.2) is 0 Å². The van der Waals surface area contributed by atoms with E-state index in [1.807, 2.05) is 36.4 Å². The quantitative estimate of drug-likeness (QED) is 0.815. The molecule has 1 fully saturated rings. The largest absolute Gasteiger partial charge is 0.497 e. The number of methoxy groups -OCH3 is 1. The van der Waals surface area contributed by atoms with E-state index in [1.54, 1.807) is 7.11 Å². The summed E-state index contributed by atoms with van der Waals surface area (Å²) in [6.07, 6.45) is 3.51. The maximum atomic E-state index is 11.5. The maximum absolute atomic E-state index is 11.5. The predicted octanol–water partition coefficient (Wildman–Crippen LogP) is 4.50. The van der Waals surface area contributed by atoms with Gasteiger partial charge in [0.1, 0.15) is 17.3 Å². The Kier molecular flexibility index (Phi) is 4.96. The molecule has 2 aromatic carbocycles. The zero-order valence-corrected chi connectivity index (χ0v) is 13.5. The van der Waals surface area contributed by atoms with Crippen LogP contribution < -0.4 is 9.47 Å². The highest BCUT2D eigenvalue weighted by Crippen LogP contribution is 2.26. The second-order valence-electron chi connectivity index (χ2n) is 6.06. The molecule has 1 aliphatic carbocycles. The van der Waals surface area contributed by atoms with E-state index in [0.717, 1.165) is 41.9 Å². The van der Waals surface area contributed by atoms with E-state index in [-0.39, 0.29) is 0 Å². The molecular weight excluding hydrogens is 288 g/mol. The van der Waals surface area contributed by atoms with Gasteiger partial charge in [0.2, 0.25) is 0 Å². The number of ether oxygens (including phenoxy) is 2.